The zero-order valence-corrected chi connectivity index (χ0v) is 14.2. The standard InChI is InChI=1S/C15H17N7O2S/c23-25(24,15-11-16-12-17-15)22-9-7-21(8-10-22)14-4-3-13(18-19-14)20-5-1-2-6-20/h1-6,11-12H,7-10H2,(H,16,17). The second-order valence-corrected chi connectivity index (χ2v) is 7.55. The fourth-order valence-corrected chi connectivity index (χ4v) is 4.11. The van der Waals surface area contributed by atoms with Gasteiger partial charge in [-0.05, 0) is 24.3 Å². The first kappa shape index (κ1) is 15.8. The topological polar surface area (TPSA) is 100 Å². The number of nitrogens with one attached hydrogen (secondary N) is 1. The summed E-state index contributed by atoms with van der Waals surface area (Å²) >= 11 is 0. The van der Waals surface area contributed by atoms with Crippen molar-refractivity contribution >= 4 is 15.8 Å². The molecule has 1 fully saturated rings. The van der Waals surface area contributed by atoms with E-state index in [1.165, 1.54) is 16.8 Å². The minimum Gasteiger partial charge on any atom is -0.352 e. The van der Waals surface area contributed by atoms with Crippen LogP contribution in [-0.4, -0.2) is 63.6 Å². The minimum absolute atomic E-state index is 0.122. The SMILES string of the molecule is O=S(=O)(c1cnc[nH]1)N1CCN(c2ccc(-n3cccc3)nn2)CC1. The fraction of sp³-hybridized carbons (Fsp3) is 0.267. The first-order valence-corrected chi connectivity index (χ1v) is 9.29. The van der Waals surface area contributed by atoms with Crippen LogP contribution < -0.4 is 4.90 Å². The summed E-state index contributed by atoms with van der Waals surface area (Å²) in [7, 11) is -3.51. The highest BCUT2D eigenvalue weighted by molar-refractivity contribution is 7.89. The molecule has 0 saturated carbocycles. The molecule has 4 rings (SSSR count). The molecule has 0 unspecified atom stereocenters. The van der Waals surface area contributed by atoms with Crippen LogP contribution in [0.4, 0.5) is 5.82 Å². The Hall–Kier alpha value is -2.72. The van der Waals surface area contributed by atoms with Gasteiger partial charge in [-0.1, -0.05) is 0 Å². The van der Waals surface area contributed by atoms with Crippen LogP contribution >= 0.6 is 0 Å². The minimum atomic E-state index is -3.51. The highest BCUT2D eigenvalue weighted by Crippen LogP contribution is 2.18. The van der Waals surface area contributed by atoms with Crippen LogP contribution in [-0.2, 0) is 10.0 Å². The highest BCUT2D eigenvalue weighted by Gasteiger charge is 2.29. The van der Waals surface area contributed by atoms with Gasteiger partial charge in [0.1, 0.15) is 0 Å². The summed E-state index contributed by atoms with van der Waals surface area (Å²) in [4.78, 5) is 8.47. The van der Waals surface area contributed by atoms with E-state index >= 15 is 0 Å². The molecular weight excluding hydrogens is 342 g/mol. The molecule has 130 valence electrons. The fourth-order valence-electron chi connectivity index (χ4n) is 2.79. The number of anilines is 1. The van der Waals surface area contributed by atoms with Gasteiger partial charge in [0.05, 0.1) is 12.5 Å². The number of piperazine rings is 1. The quantitative estimate of drug-likeness (QED) is 0.728. The number of rotatable bonds is 4. The molecular formula is C15H17N7O2S. The van der Waals surface area contributed by atoms with Gasteiger partial charge in [0.2, 0.25) is 0 Å². The van der Waals surface area contributed by atoms with E-state index in [0.29, 0.717) is 26.2 Å². The number of hydrogen-bond donors (Lipinski definition) is 1. The average Bonchev–Trinajstić information content (AvgIpc) is 3.36. The van der Waals surface area contributed by atoms with Gasteiger partial charge in [-0.3, -0.25) is 0 Å². The predicted octanol–water partition coefficient (Wildman–Crippen LogP) is 0.501. The van der Waals surface area contributed by atoms with Gasteiger partial charge >= 0.3 is 0 Å². The molecule has 0 radical (unpaired) electrons. The lowest BCUT2D eigenvalue weighted by molar-refractivity contribution is 0.382. The number of nitrogens with zero attached hydrogens (tertiary/aromatic N) is 6. The summed E-state index contributed by atoms with van der Waals surface area (Å²) in [5, 5.41) is 8.62. The Labute approximate surface area is 145 Å². The van der Waals surface area contributed by atoms with Gasteiger partial charge in [-0.2, -0.15) is 4.31 Å². The van der Waals surface area contributed by atoms with E-state index in [1.54, 1.807) is 0 Å². The van der Waals surface area contributed by atoms with E-state index in [0.717, 1.165) is 11.6 Å². The number of H-pyrrole nitrogens is 1. The summed E-state index contributed by atoms with van der Waals surface area (Å²) in [6.45, 7) is 1.90. The highest BCUT2D eigenvalue weighted by atomic mass is 32.2. The van der Waals surface area contributed by atoms with E-state index in [2.05, 4.69) is 20.2 Å². The molecule has 1 aliphatic rings. The second-order valence-electron chi connectivity index (χ2n) is 5.65. The van der Waals surface area contributed by atoms with Gasteiger partial charge in [-0.25, -0.2) is 13.4 Å². The van der Waals surface area contributed by atoms with E-state index in [1.807, 2.05) is 46.1 Å². The third-order valence-electron chi connectivity index (χ3n) is 4.16. The molecule has 1 N–H and O–H groups in total. The van der Waals surface area contributed by atoms with Crippen molar-refractivity contribution in [3.63, 3.8) is 0 Å². The lowest BCUT2D eigenvalue weighted by Gasteiger charge is -2.34. The molecule has 1 saturated heterocycles. The molecule has 9 nitrogen and oxygen atoms in total. The Morgan fingerprint density at radius 2 is 1.64 bits per heavy atom. The van der Waals surface area contributed by atoms with Crippen molar-refractivity contribution in [1.29, 1.82) is 0 Å². The van der Waals surface area contributed by atoms with Gasteiger partial charge < -0.3 is 14.5 Å². The average molecular weight is 359 g/mol. The van der Waals surface area contributed by atoms with Crippen LogP contribution in [0.3, 0.4) is 0 Å². The lowest BCUT2D eigenvalue weighted by Crippen LogP contribution is -2.49. The molecule has 10 heteroatoms. The Morgan fingerprint density at radius 1 is 0.960 bits per heavy atom. The summed E-state index contributed by atoms with van der Waals surface area (Å²) in [5.74, 6) is 1.49. The van der Waals surface area contributed by atoms with Crippen LogP contribution in [0.25, 0.3) is 5.82 Å². The lowest BCUT2D eigenvalue weighted by atomic mass is 10.3. The summed E-state index contributed by atoms with van der Waals surface area (Å²) in [5.41, 5.74) is 0. The van der Waals surface area contributed by atoms with Gasteiger partial charge in [0.15, 0.2) is 16.7 Å². The van der Waals surface area contributed by atoms with Crippen LogP contribution in [0.15, 0.2) is 54.2 Å². The largest absolute Gasteiger partial charge is 0.352 e. The monoisotopic (exact) mass is 359 g/mol. The molecule has 1 aliphatic heterocycles. The van der Waals surface area contributed by atoms with E-state index in [9.17, 15) is 8.42 Å². The maximum atomic E-state index is 12.5. The Balaban J connectivity index is 1.44. The zero-order valence-electron chi connectivity index (χ0n) is 13.4. The zero-order chi connectivity index (χ0) is 17.3. The van der Waals surface area contributed by atoms with Crippen molar-refractivity contribution in [2.45, 2.75) is 5.03 Å². The van der Waals surface area contributed by atoms with E-state index < -0.39 is 10.0 Å². The number of imidazole rings is 1. The van der Waals surface area contributed by atoms with Crippen molar-refractivity contribution < 1.29 is 8.42 Å². The first-order chi connectivity index (χ1) is 12.1. The van der Waals surface area contributed by atoms with E-state index in [-0.39, 0.29) is 5.03 Å². The number of hydrogen-bond acceptors (Lipinski definition) is 6. The molecule has 0 bridgehead atoms. The Kier molecular flexibility index (Phi) is 3.98. The predicted molar refractivity (Wildman–Crippen MR) is 90.9 cm³/mol. The molecule has 25 heavy (non-hydrogen) atoms. The summed E-state index contributed by atoms with van der Waals surface area (Å²) < 4.78 is 28.3. The molecule has 0 aliphatic carbocycles. The van der Waals surface area contributed by atoms with E-state index in [4.69, 9.17) is 0 Å². The summed E-state index contributed by atoms with van der Waals surface area (Å²) in [6.07, 6.45) is 6.50. The van der Waals surface area contributed by atoms with Crippen molar-refractivity contribution in [2.24, 2.45) is 0 Å². The molecule has 3 aromatic rings. The van der Waals surface area contributed by atoms with Crippen LogP contribution in [0.1, 0.15) is 0 Å². The molecule has 0 atom stereocenters. The van der Waals surface area contributed by atoms with Gasteiger partial charge in [-0.15, -0.1) is 10.2 Å². The number of sulfonamides is 1. The first-order valence-electron chi connectivity index (χ1n) is 7.85. The van der Waals surface area contributed by atoms with Gasteiger partial charge in [0.25, 0.3) is 10.0 Å². The van der Waals surface area contributed by atoms with Crippen molar-refractivity contribution in [3.05, 3.63) is 49.2 Å². The van der Waals surface area contributed by atoms with Crippen LogP contribution in [0, 0.1) is 0 Å². The third kappa shape index (κ3) is 3.01. The smallest absolute Gasteiger partial charge is 0.260 e. The van der Waals surface area contributed by atoms with Crippen molar-refractivity contribution in [1.82, 2.24) is 29.0 Å². The number of aromatic nitrogens is 5. The molecule has 0 amide bonds. The van der Waals surface area contributed by atoms with Crippen molar-refractivity contribution in [2.75, 3.05) is 31.1 Å². The van der Waals surface area contributed by atoms with Crippen LogP contribution in [0.5, 0.6) is 0 Å². The van der Waals surface area contributed by atoms with Crippen molar-refractivity contribution in [3.8, 4) is 5.82 Å². The van der Waals surface area contributed by atoms with Gasteiger partial charge in [0, 0.05) is 38.6 Å². The molecule has 0 aromatic carbocycles. The second kappa shape index (κ2) is 6.30. The molecule has 4 heterocycles. The summed E-state index contributed by atoms with van der Waals surface area (Å²) in [6, 6.07) is 7.65. The Bertz CT molecular complexity index is 913. The number of aromatic amines is 1. The van der Waals surface area contributed by atoms with Crippen LogP contribution in [0.2, 0.25) is 0 Å². The third-order valence-corrected chi connectivity index (χ3v) is 5.98. The molecule has 0 spiro atoms. The molecule has 3 aromatic heterocycles. The maximum absolute atomic E-state index is 12.5. The normalized spacial score (nSPS) is 16.2. The maximum Gasteiger partial charge on any atom is 0.260 e. The Morgan fingerprint density at radius 3 is 2.24 bits per heavy atom.